The number of ether oxygens (including phenoxy) is 3. The first kappa shape index (κ1) is 19.3. The Hall–Kier alpha value is -0.690. The molecule has 2 N–H and O–H groups in total. The van der Waals surface area contributed by atoms with Gasteiger partial charge in [0.05, 0.1) is 38.4 Å². The van der Waals surface area contributed by atoms with Crippen LogP contribution in [0.2, 0.25) is 0 Å². The van der Waals surface area contributed by atoms with Gasteiger partial charge in [0, 0.05) is 19.2 Å². The van der Waals surface area contributed by atoms with Crippen molar-refractivity contribution in [3.8, 4) is 0 Å². The third-order valence-corrected chi connectivity index (χ3v) is 3.71. The molecule has 0 saturated heterocycles. The van der Waals surface area contributed by atoms with Crippen LogP contribution in [0.15, 0.2) is 0 Å². The van der Waals surface area contributed by atoms with Crippen molar-refractivity contribution in [1.29, 1.82) is 0 Å². The van der Waals surface area contributed by atoms with E-state index in [-0.39, 0.29) is 0 Å². The van der Waals surface area contributed by atoms with E-state index in [0.717, 1.165) is 0 Å². The van der Waals surface area contributed by atoms with Gasteiger partial charge in [-0.2, -0.15) is 0 Å². The molecule has 0 aliphatic rings. The summed E-state index contributed by atoms with van der Waals surface area (Å²) in [4.78, 5) is 11.2. The molecule has 0 saturated carbocycles. The van der Waals surface area contributed by atoms with Crippen LogP contribution in [0.5, 0.6) is 0 Å². The van der Waals surface area contributed by atoms with Crippen LogP contribution in [0.4, 0.5) is 0 Å². The van der Waals surface area contributed by atoms with Gasteiger partial charge in [-0.15, -0.1) is 0 Å². The first-order chi connectivity index (χ1) is 9.25. The normalized spacial score (nSPS) is 12.7. The average molecular weight is 291 g/mol. The Kier molecular flexibility index (Phi) is 8.96. The van der Waals surface area contributed by atoms with Gasteiger partial charge in [0.25, 0.3) is 0 Å². The number of rotatable bonds is 12. The molecule has 0 atom stereocenters. The second-order valence-electron chi connectivity index (χ2n) is 5.70. The van der Waals surface area contributed by atoms with Crippen LogP contribution in [0.3, 0.4) is 0 Å². The molecule has 0 aromatic rings. The van der Waals surface area contributed by atoms with E-state index in [0.29, 0.717) is 39.6 Å². The standard InChI is InChI=1S/C14H29NO5/c1-13(2,12(16)17)14(3,4)15-6-7-19-10-11-20-9-8-18-5/h15H,6-11H2,1-5H3,(H,16,17). The summed E-state index contributed by atoms with van der Waals surface area (Å²) >= 11 is 0. The summed E-state index contributed by atoms with van der Waals surface area (Å²) in [5.41, 5.74) is -1.37. The maximum absolute atomic E-state index is 11.2. The minimum atomic E-state index is -0.851. The second-order valence-corrected chi connectivity index (χ2v) is 5.70. The van der Waals surface area contributed by atoms with Crippen LogP contribution in [0.1, 0.15) is 27.7 Å². The molecule has 0 fully saturated rings. The van der Waals surface area contributed by atoms with E-state index in [9.17, 15) is 9.90 Å². The Bertz CT molecular complexity index is 279. The molecule has 0 bridgehead atoms. The van der Waals surface area contributed by atoms with Crippen LogP contribution in [0.25, 0.3) is 0 Å². The van der Waals surface area contributed by atoms with Gasteiger partial charge in [0.1, 0.15) is 0 Å². The van der Waals surface area contributed by atoms with Crippen LogP contribution in [-0.2, 0) is 19.0 Å². The van der Waals surface area contributed by atoms with Crippen molar-refractivity contribution in [1.82, 2.24) is 5.32 Å². The lowest BCUT2D eigenvalue weighted by atomic mass is 9.74. The molecule has 0 unspecified atom stereocenters. The minimum Gasteiger partial charge on any atom is -0.481 e. The molecule has 0 aromatic carbocycles. The van der Waals surface area contributed by atoms with Crippen LogP contribution in [0, 0.1) is 5.41 Å². The zero-order valence-electron chi connectivity index (χ0n) is 13.3. The average Bonchev–Trinajstić information content (AvgIpc) is 2.36. The van der Waals surface area contributed by atoms with Gasteiger partial charge in [-0.1, -0.05) is 0 Å². The Balaban J connectivity index is 3.71. The van der Waals surface area contributed by atoms with E-state index in [1.807, 2.05) is 13.8 Å². The Morgan fingerprint density at radius 1 is 1.00 bits per heavy atom. The highest BCUT2D eigenvalue weighted by Crippen LogP contribution is 2.30. The summed E-state index contributed by atoms with van der Waals surface area (Å²) in [5.74, 6) is -0.817. The third kappa shape index (κ3) is 6.65. The van der Waals surface area contributed by atoms with Crippen molar-refractivity contribution in [2.24, 2.45) is 5.41 Å². The number of hydrogen-bond acceptors (Lipinski definition) is 5. The zero-order chi connectivity index (χ0) is 15.6. The van der Waals surface area contributed by atoms with Gasteiger partial charge in [0.2, 0.25) is 0 Å². The molecule has 0 aliphatic heterocycles. The maximum atomic E-state index is 11.2. The molecule has 20 heavy (non-hydrogen) atoms. The van der Waals surface area contributed by atoms with Gasteiger partial charge in [-0.05, 0) is 27.7 Å². The van der Waals surface area contributed by atoms with Gasteiger partial charge < -0.3 is 24.6 Å². The summed E-state index contributed by atoms with van der Waals surface area (Å²) in [6.07, 6.45) is 0. The second kappa shape index (κ2) is 9.28. The summed E-state index contributed by atoms with van der Waals surface area (Å²) in [6, 6.07) is 0. The fraction of sp³-hybridized carbons (Fsp3) is 0.929. The van der Waals surface area contributed by atoms with Crippen molar-refractivity contribution in [3.05, 3.63) is 0 Å². The molecular weight excluding hydrogens is 262 g/mol. The quantitative estimate of drug-likeness (QED) is 0.525. The molecule has 6 heteroatoms. The monoisotopic (exact) mass is 291 g/mol. The van der Waals surface area contributed by atoms with Crippen molar-refractivity contribution in [3.63, 3.8) is 0 Å². The number of carboxylic acids is 1. The molecule has 0 amide bonds. The van der Waals surface area contributed by atoms with Gasteiger partial charge in [-0.25, -0.2) is 0 Å². The number of carboxylic acid groups (broad SMARTS) is 1. The van der Waals surface area contributed by atoms with E-state index in [1.165, 1.54) is 0 Å². The minimum absolute atomic E-state index is 0.517. The first-order valence-corrected chi connectivity index (χ1v) is 6.88. The lowest BCUT2D eigenvalue weighted by Gasteiger charge is -2.39. The third-order valence-electron chi connectivity index (χ3n) is 3.71. The summed E-state index contributed by atoms with van der Waals surface area (Å²) < 4.78 is 15.5. The predicted molar refractivity (Wildman–Crippen MR) is 77.0 cm³/mol. The summed E-state index contributed by atoms with van der Waals surface area (Å²) in [6.45, 7) is 10.5. The van der Waals surface area contributed by atoms with Crippen molar-refractivity contribution >= 4 is 5.97 Å². The van der Waals surface area contributed by atoms with E-state index in [4.69, 9.17) is 14.2 Å². The lowest BCUT2D eigenvalue weighted by Crippen LogP contribution is -2.55. The highest BCUT2D eigenvalue weighted by atomic mass is 16.5. The molecule has 0 aromatic heterocycles. The Morgan fingerprint density at radius 2 is 1.50 bits per heavy atom. The largest absolute Gasteiger partial charge is 0.481 e. The maximum Gasteiger partial charge on any atom is 0.310 e. The number of methoxy groups -OCH3 is 1. The fourth-order valence-corrected chi connectivity index (χ4v) is 1.39. The van der Waals surface area contributed by atoms with Gasteiger partial charge >= 0.3 is 5.97 Å². The predicted octanol–water partition coefficient (Wildman–Crippen LogP) is 1.15. The lowest BCUT2D eigenvalue weighted by molar-refractivity contribution is -0.151. The van der Waals surface area contributed by atoms with E-state index in [1.54, 1.807) is 21.0 Å². The summed E-state index contributed by atoms with van der Waals surface area (Å²) in [5, 5.41) is 12.4. The number of carbonyl (C=O) groups is 1. The molecule has 120 valence electrons. The van der Waals surface area contributed by atoms with Crippen LogP contribution in [-0.4, -0.2) is 63.3 Å². The van der Waals surface area contributed by atoms with Crippen molar-refractivity contribution in [2.75, 3.05) is 46.7 Å². The van der Waals surface area contributed by atoms with Gasteiger partial charge in [0.15, 0.2) is 0 Å². The highest BCUT2D eigenvalue weighted by Gasteiger charge is 2.42. The number of aliphatic carboxylic acids is 1. The van der Waals surface area contributed by atoms with Crippen molar-refractivity contribution < 1.29 is 24.1 Å². The molecule has 0 radical (unpaired) electrons. The molecule has 0 spiro atoms. The number of hydrogen-bond donors (Lipinski definition) is 2. The zero-order valence-corrected chi connectivity index (χ0v) is 13.3. The molecule has 0 aliphatic carbocycles. The molecule has 6 nitrogen and oxygen atoms in total. The Morgan fingerprint density at radius 3 is 2.00 bits per heavy atom. The molecular formula is C14H29NO5. The molecule has 0 rings (SSSR count). The highest BCUT2D eigenvalue weighted by molar-refractivity contribution is 5.75. The van der Waals surface area contributed by atoms with E-state index < -0.39 is 16.9 Å². The van der Waals surface area contributed by atoms with E-state index in [2.05, 4.69) is 5.32 Å². The van der Waals surface area contributed by atoms with E-state index >= 15 is 0 Å². The first-order valence-electron chi connectivity index (χ1n) is 6.88. The Labute approximate surface area is 121 Å². The topological polar surface area (TPSA) is 77.0 Å². The van der Waals surface area contributed by atoms with Crippen molar-refractivity contribution in [2.45, 2.75) is 33.2 Å². The van der Waals surface area contributed by atoms with Crippen LogP contribution >= 0.6 is 0 Å². The number of nitrogens with one attached hydrogen (secondary N) is 1. The molecule has 0 heterocycles. The summed E-state index contributed by atoms with van der Waals surface area (Å²) in [7, 11) is 1.63. The SMILES string of the molecule is COCCOCCOCCNC(C)(C)C(C)(C)C(=O)O. The smallest absolute Gasteiger partial charge is 0.310 e. The van der Waals surface area contributed by atoms with Crippen LogP contribution < -0.4 is 5.32 Å². The van der Waals surface area contributed by atoms with Gasteiger partial charge in [-0.3, -0.25) is 4.79 Å². The fourth-order valence-electron chi connectivity index (χ4n) is 1.39.